The first-order chi connectivity index (χ1) is 9.63. The number of para-hydroxylation sites is 1. The zero-order valence-electron chi connectivity index (χ0n) is 10.7. The molecule has 1 heterocycles. The minimum Gasteiger partial charge on any atom is -0.487 e. The summed E-state index contributed by atoms with van der Waals surface area (Å²) in [5.74, 6) is -0.304. The second-order valence-corrected chi connectivity index (χ2v) is 4.74. The van der Waals surface area contributed by atoms with Crippen LogP contribution in [-0.2, 0) is 6.61 Å². The molecule has 0 aliphatic heterocycles. The molecule has 0 bridgehead atoms. The van der Waals surface area contributed by atoms with Crippen molar-refractivity contribution in [2.24, 2.45) is 0 Å². The highest BCUT2D eigenvalue weighted by molar-refractivity contribution is 9.10. The molecule has 6 heteroatoms. The summed E-state index contributed by atoms with van der Waals surface area (Å²) in [5, 5.41) is 9.15. The third-order valence-electron chi connectivity index (χ3n) is 2.61. The molecule has 1 N–H and O–H groups in total. The summed E-state index contributed by atoms with van der Waals surface area (Å²) in [5.41, 5.74) is 0.837. The highest BCUT2D eigenvalue weighted by Gasteiger charge is 2.15. The summed E-state index contributed by atoms with van der Waals surface area (Å²) in [6.45, 7) is 0.167. The van der Waals surface area contributed by atoms with E-state index in [9.17, 15) is 4.79 Å². The highest BCUT2D eigenvalue weighted by atomic mass is 79.9. The van der Waals surface area contributed by atoms with Crippen LogP contribution in [0, 0.1) is 0 Å². The molecule has 5 nitrogen and oxygen atoms in total. The third-order valence-corrected chi connectivity index (χ3v) is 3.24. The maximum absolute atomic E-state index is 11.2. The fourth-order valence-corrected chi connectivity index (χ4v) is 2.17. The van der Waals surface area contributed by atoms with E-state index >= 15 is 0 Å². The van der Waals surface area contributed by atoms with E-state index in [0.717, 1.165) is 5.56 Å². The van der Waals surface area contributed by atoms with Crippen molar-refractivity contribution in [3.8, 4) is 11.6 Å². The Morgan fingerprint density at radius 1 is 1.35 bits per heavy atom. The highest BCUT2D eigenvalue weighted by Crippen LogP contribution is 2.30. The van der Waals surface area contributed by atoms with Crippen LogP contribution in [0.25, 0.3) is 0 Å². The lowest BCUT2D eigenvalue weighted by molar-refractivity contribution is 0.0691. The molecule has 0 fully saturated rings. The molecule has 1 aromatic carbocycles. The van der Waals surface area contributed by atoms with Crippen molar-refractivity contribution >= 4 is 21.9 Å². The van der Waals surface area contributed by atoms with E-state index in [1.807, 2.05) is 6.07 Å². The zero-order chi connectivity index (χ0) is 14.5. The lowest BCUT2D eigenvalue weighted by Gasteiger charge is -2.12. The van der Waals surface area contributed by atoms with Crippen molar-refractivity contribution < 1.29 is 19.4 Å². The minimum atomic E-state index is -1.04. The van der Waals surface area contributed by atoms with Crippen LogP contribution >= 0.6 is 15.9 Å². The van der Waals surface area contributed by atoms with Crippen molar-refractivity contribution in [3.63, 3.8) is 0 Å². The molecule has 0 radical (unpaired) electrons. The molecule has 0 aliphatic rings. The number of rotatable bonds is 5. The van der Waals surface area contributed by atoms with Gasteiger partial charge >= 0.3 is 5.97 Å². The molecule has 2 rings (SSSR count). The molecular weight excluding hydrogens is 326 g/mol. The fourth-order valence-electron chi connectivity index (χ4n) is 1.69. The van der Waals surface area contributed by atoms with Gasteiger partial charge in [-0.2, -0.15) is 0 Å². The van der Waals surface area contributed by atoms with Gasteiger partial charge in [-0.15, -0.1) is 0 Å². The maximum atomic E-state index is 11.2. The van der Waals surface area contributed by atoms with Gasteiger partial charge in [0.2, 0.25) is 5.88 Å². The summed E-state index contributed by atoms with van der Waals surface area (Å²) >= 11 is 3.29. The Bertz CT molecular complexity index is 630. The number of nitrogens with zero attached hydrogens (tertiary/aromatic N) is 1. The summed E-state index contributed by atoms with van der Waals surface area (Å²) in [6, 6.07) is 8.43. The second-order valence-electron chi connectivity index (χ2n) is 3.88. The standard InChI is InChI=1S/C14H12BrNO4/c1-19-13-9(4-3-7-16-13)8-20-12-10(14(17)18)5-2-6-11(12)15/h2-7H,8H2,1H3,(H,17,18). The number of methoxy groups -OCH3 is 1. The minimum absolute atomic E-state index is 0.0993. The smallest absolute Gasteiger partial charge is 0.339 e. The number of halogens is 1. The topological polar surface area (TPSA) is 68.7 Å². The number of aromatic carboxylic acids is 1. The number of hydrogen-bond acceptors (Lipinski definition) is 4. The van der Waals surface area contributed by atoms with E-state index in [2.05, 4.69) is 20.9 Å². The number of pyridine rings is 1. The molecule has 0 amide bonds. The van der Waals surface area contributed by atoms with Gasteiger partial charge in [-0.1, -0.05) is 6.07 Å². The first kappa shape index (κ1) is 14.3. The van der Waals surface area contributed by atoms with Gasteiger partial charge in [-0.3, -0.25) is 0 Å². The summed E-state index contributed by atoms with van der Waals surface area (Å²) in [6.07, 6.45) is 1.61. The summed E-state index contributed by atoms with van der Waals surface area (Å²) in [4.78, 5) is 15.2. The third kappa shape index (κ3) is 3.08. The molecule has 0 saturated heterocycles. The van der Waals surface area contributed by atoms with Gasteiger partial charge in [0, 0.05) is 6.20 Å². The van der Waals surface area contributed by atoms with Gasteiger partial charge in [0.15, 0.2) is 0 Å². The van der Waals surface area contributed by atoms with E-state index < -0.39 is 5.97 Å². The Labute approximate surface area is 124 Å². The normalized spacial score (nSPS) is 10.1. The van der Waals surface area contributed by atoms with E-state index in [4.69, 9.17) is 14.6 Å². The Hall–Kier alpha value is -2.08. The van der Waals surface area contributed by atoms with Crippen molar-refractivity contribution in [3.05, 3.63) is 52.1 Å². The Morgan fingerprint density at radius 2 is 2.15 bits per heavy atom. The average Bonchev–Trinajstić information content (AvgIpc) is 2.46. The van der Waals surface area contributed by atoms with Crippen LogP contribution in [0.4, 0.5) is 0 Å². The molecule has 0 unspecified atom stereocenters. The Balaban J connectivity index is 2.25. The van der Waals surface area contributed by atoms with Crippen LogP contribution in [0.5, 0.6) is 11.6 Å². The second kappa shape index (κ2) is 6.38. The van der Waals surface area contributed by atoms with Crippen molar-refractivity contribution in [2.45, 2.75) is 6.61 Å². The SMILES string of the molecule is COc1ncccc1COc1c(Br)cccc1C(=O)O. The van der Waals surface area contributed by atoms with Crippen LogP contribution in [0.2, 0.25) is 0 Å². The van der Waals surface area contributed by atoms with Gasteiger partial charge in [-0.25, -0.2) is 9.78 Å². The van der Waals surface area contributed by atoms with Crippen molar-refractivity contribution in [2.75, 3.05) is 7.11 Å². The fraction of sp³-hybridized carbons (Fsp3) is 0.143. The van der Waals surface area contributed by atoms with Gasteiger partial charge in [-0.05, 0) is 40.2 Å². The largest absolute Gasteiger partial charge is 0.487 e. The molecule has 0 spiro atoms. The van der Waals surface area contributed by atoms with Crippen LogP contribution < -0.4 is 9.47 Å². The zero-order valence-corrected chi connectivity index (χ0v) is 12.3. The molecule has 0 saturated carbocycles. The first-order valence-corrected chi connectivity index (χ1v) is 6.55. The number of ether oxygens (including phenoxy) is 2. The van der Waals surface area contributed by atoms with E-state index in [1.54, 1.807) is 24.4 Å². The molecule has 0 aliphatic carbocycles. The average molecular weight is 338 g/mol. The predicted molar refractivity (Wildman–Crippen MR) is 76.2 cm³/mol. The van der Waals surface area contributed by atoms with Crippen LogP contribution in [0.3, 0.4) is 0 Å². The van der Waals surface area contributed by atoms with Crippen LogP contribution in [-0.4, -0.2) is 23.2 Å². The monoisotopic (exact) mass is 337 g/mol. The number of hydrogen-bond donors (Lipinski definition) is 1. The Morgan fingerprint density at radius 3 is 2.85 bits per heavy atom. The van der Waals surface area contributed by atoms with Gasteiger partial charge in [0.05, 0.1) is 17.1 Å². The Kier molecular flexibility index (Phi) is 4.57. The van der Waals surface area contributed by atoms with Gasteiger partial charge in [0.1, 0.15) is 17.9 Å². The summed E-state index contributed by atoms with van der Waals surface area (Å²) in [7, 11) is 1.52. The lowest BCUT2D eigenvalue weighted by atomic mass is 10.2. The van der Waals surface area contributed by atoms with E-state index in [0.29, 0.717) is 10.4 Å². The number of carboxylic acid groups (broad SMARTS) is 1. The molecule has 1 aromatic heterocycles. The quantitative estimate of drug-likeness (QED) is 0.907. The number of aromatic nitrogens is 1. The lowest BCUT2D eigenvalue weighted by Crippen LogP contribution is -2.05. The molecular formula is C14H12BrNO4. The maximum Gasteiger partial charge on any atom is 0.339 e. The van der Waals surface area contributed by atoms with Gasteiger partial charge < -0.3 is 14.6 Å². The van der Waals surface area contributed by atoms with Crippen molar-refractivity contribution in [1.29, 1.82) is 0 Å². The predicted octanol–water partition coefficient (Wildman–Crippen LogP) is 3.13. The van der Waals surface area contributed by atoms with E-state index in [1.165, 1.54) is 13.2 Å². The van der Waals surface area contributed by atoms with E-state index in [-0.39, 0.29) is 17.9 Å². The number of carbonyl (C=O) groups is 1. The molecule has 104 valence electrons. The van der Waals surface area contributed by atoms with Crippen LogP contribution in [0.1, 0.15) is 15.9 Å². The summed E-state index contributed by atoms with van der Waals surface area (Å²) < 4.78 is 11.3. The molecule has 2 aromatic rings. The van der Waals surface area contributed by atoms with Gasteiger partial charge in [0.25, 0.3) is 0 Å². The number of carboxylic acids is 1. The van der Waals surface area contributed by atoms with Crippen molar-refractivity contribution in [1.82, 2.24) is 4.98 Å². The van der Waals surface area contributed by atoms with Crippen LogP contribution in [0.15, 0.2) is 41.0 Å². The molecule has 0 atom stereocenters. The first-order valence-electron chi connectivity index (χ1n) is 5.76. The number of benzene rings is 1. The molecule has 20 heavy (non-hydrogen) atoms.